The molecular formula is C23H32BN5O4. The van der Waals surface area contributed by atoms with Crippen LogP contribution in [0.3, 0.4) is 0 Å². The molecule has 3 N–H and O–H groups in total. The smallest absolute Gasteiger partial charge is 0.408 e. The molecule has 9 nitrogen and oxygen atoms in total. The van der Waals surface area contributed by atoms with Gasteiger partial charge in [-0.15, -0.1) is 0 Å². The predicted octanol–water partition coefficient (Wildman–Crippen LogP) is 1.01. The van der Waals surface area contributed by atoms with Crippen molar-refractivity contribution in [1.29, 1.82) is 0 Å². The summed E-state index contributed by atoms with van der Waals surface area (Å²) in [6.45, 7) is 6.61. The average Bonchev–Trinajstić information content (AvgIpc) is 2.79. The van der Waals surface area contributed by atoms with E-state index in [1.54, 1.807) is 0 Å². The Morgan fingerprint density at radius 2 is 1.82 bits per heavy atom. The van der Waals surface area contributed by atoms with Gasteiger partial charge in [0.1, 0.15) is 11.7 Å². The zero-order chi connectivity index (χ0) is 23.5. The van der Waals surface area contributed by atoms with Crippen molar-refractivity contribution in [2.75, 3.05) is 26.3 Å². The fraction of sp³-hybridized carbons (Fsp3) is 0.478. The van der Waals surface area contributed by atoms with Gasteiger partial charge in [-0.1, -0.05) is 44.2 Å². The lowest BCUT2D eigenvalue weighted by Gasteiger charge is -2.29. The van der Waals surface area contributed by atoms with E-state index in [1.807, 2.05) is 30.3 Å². The number of hydrogen-bond acceptors (Lipinski definition) is 7. The maximum Gasteiger partial charge on any atom is 0.480 e. The van der Waals surface area contributed by atoms with E-state index < -0.39 is 19.1 Å². The number of benzene rings is 1. The van der Waals surface area contributed by atoms with Gasteiger partial charge in [0, 0.05) is 45.1 Å². The van der Waals surface area contributed by atoms with Crippen LogP contribution in [0.4, 0.5) is 0 Å². The number of nitrogens with zero attached hydrogens (tertiary/aromatic N) is 2. The van der Waals surface area contributed by atoms with Crippen molar-refractivity contribution in [3.8, 4) is 0 Å². The largest absolute Gasteiger partial charge is 0.480 e. The second kappa shape index (κ2) is 13.0. The summed E-state index contributed by atoms with van der Waals surface area (Å²) < 4.78 is 11.8. The first-order valence-corrected chi connectivity index (χ1v) is 11.4. The summed E-state index contributed by atoms with van der Waals surface area (Å²) in [4.78, 5) is 34.1. The Bertz CT molecular complexity index is 864. The molecule has 2 amide bonds. The molecule has 1 saturated heterocycles. The number of carbonyl (C=O) groups excluding carboxylic acids is 2. The Hall–Kier alpha value is -2.82. The van der Waals surface area contributed by atoms with Gasteiger partial charge in [-0.05, 0) is 17.9 Å². The third-order valence-electron chi connectivity index (χ3n) is 5.20. The molecule has 3 rings (SSSR count). The summed E-state index contributed by atoms with van der Waals surface area (Å²) in [6, 6.07) is 8.77. The normalized spacial score (nSPS) is 16.4. The first-order valence-electron chi connectivity index (χ1n) is 11.4. The highest BCUT2D eigenvalue weighted by atomic mass is 16.6. The molecule has 1 aromatic heterocycles. The first kappa shape index (κ1) is 24.8. The summed E-state index contributed by atoms with van der Waals surface area (Å²) in [5.74, 6) is -0.784. The van der Waals surface area contributed by atoms with Gasteiger partial charge < -0.3 is 25.3 Å². The average molecular weight is 453 g/mol. The monoisotopic (exact) mass is 453 g/mol. The summed E-state index contributed by atoms with van der Waals surface area (Å²) in [5, 5.41) is 9.12. The summed E-state index contributed by atoms with van der Waals surface area (Å²) in [6.07, 6.45) is 5.33. The highest BCUT2D eigenvalue weighted by Gasteiger charge is 2.35. The van der Waals surface area contributed by atoms with Crippen LogP contribution in [0.2, 0.25) is 0 Å². The van der Waals surface area contributed by atoms with Crippen molar-refractivity contribution >= 4 is 18.9 Å². The van der Waals surface area contributed by atoms with Crippen LogP contribution in [-0.4, -0.2) is 67.2 Å². The van der Waals surface area contributed by atoms with Crippen LogP contribution in [0.15, 0.2) is 48.9 Å². The minimum Gasteiger partial charge on any atom is -0.408 e. The van der Waals surface area contributed by atoms with Gasteiger partial charge >= 0.3 is 7.12 Å². The molecule has 1 aliphatic heterocycles. The van der Waals surface area contributed by atoms with Crippen molar-refractivity contribution in [3.63, 3.8) is 0 Å². The van der Waals surface area contributed by atoms with Gasteiger partial charge in [0.05, 0.1) is 12.1 Å². The maximum atomic E-state index is 13.4. The van der Waals surface area contributed by atoms with Crippen LogP contribution in [-0.2, 0) is 20.5 Å². The van der Waals surface area contributed by atoms with E-state index in [1.165, 1.54) is 18.6 Å². The molecule has 0 saturated carbocycles. The summed E-state index contributed by atoms with van der Waals surface area (Å²) in [5.41, 5.74) is 1.09. The van der Waals surface area contributed by atoms with Gasteiger partial charge in [0.25, 0.3) is 5.91 Å². The molecule has 2 heterocycles. The van der Waals surface area contributed by atoms with E-state index in [-0.39, 0.29) is 17.5 Å². The predicted molar refractivity (Wildman–Crippen MR) is 125 cm³/mol. The van der Waals surface area contributed by atoms with Crippen molar-refractivity contribution in [2.45, 2.75) is 38.7 Å². The molecule has 176 valence electrons. The summed E-state index contributed by atoms with van der Waals surface area (Å²) >= 11 is 0. The highest BCUT2D eigenvalue weighted by molar-refractivity contribution is 6.47. The Labute approximate surface area is 195 Å². The molecule has 1 fully saturated rings. The zero-order valence-corrected chi connectivity index (χ0v) is 19.2. The van der Waals surface area contributed by atoms with Gasteiger partial charge in [-0.3, -0.25) is 14.6 Å². The topological polar surface area (TPSA) is 114 Å². The van der Waals surface area contributed by atoms with Crippen LogP contribution in [0, 0.1) is 5.92 Å². The molecular weight excluding hydrogens is 421 g/mol. The quantitative estimate of drug-likeness (QED) is 0.486. The lowest BCUT2D eigenvalue weighted by molar-refractivity contribution is -0.123. The van der Waals surface area contributed by atoms with Gasteiger partial charge in [-0.25, -0.2) is 4.98 Å². The molecule has 2 atom stereocenters. The zero-order valence-electron chi connectivity index (χ0n) is 19.2. The highest BCUT2D eigenvalue weighted by Crippen LogP contribution is 2.12. The molecule has 0 spiro atoms. The third kappa shape index (κ3) is 8.23. The first-order chi connectivity index (χ1) is 16.0. The second-order valence-electron chi connectivity index (χ2n) is 8.41. The Morgan fingerprint density at radius 3 is 2.45 bits per heavy atom. The fourth-order valence-corrected chi connectivity index (χ4v) is 3.64. The Kier molecular flexibility index (Phi) is 9.80. The molecule has 1 aromatic carbocycles. The van der Waals surface area contributed by atoms with Crippen LogP contribution in [0.5, 0.6) is 0 Å². The Morgan fingerprint density at radius 1 is 1.09 bits per heavy atom. The van der Waals surface area contributed by atoms with Crippen molar-refractivity contribution in [2.24, 2.45) is 5.92 Å². The number of nitrogens with one attached hydrogen (secondary N) is 3. The molecule has 1 aliphatic rings. The molecule has 0 bridgehead atoms. The molecule has 0 unspecified atom stereocenters. The Balaban J connectivity index is 1.76. The minimum atomic E-state index is -0.799. The van der Waals surface area contributed by atoms with Crippen LogP contribution < -0.4 is 16.0 Å². The van der Waals surface area contributed by atoms with E-state index in [0.717, 1.165) is 18.7 Å². The molecule has 0 aliphatic carbocycles. The number of carbonyl (C=O) groups is 2. The fourth-order valence-electron chi connectivity index (χ4n) is 3.64. The van der Waals surface area contributed by atoms with Gasteiger partial charge in [0.2, 0.25) is 5.91 Å². The van der Waals surface area contributed by atoms with Crippen LogP contribution in [0.1, 0.15) is 36.3 Å². The SMILES string of the molecule is CC(C)C[C@H](NC(=O)[C@H](Cc1ccccc1)NC(=O)c1cnccn1)B1OCCNCCO1. The number of aromatic nitrogens is 2. The standard InChI is InChI=1S/C23H32BN5O4/c1-17(2)14-21(24-32-12-10-25-11-13-33-24)29-22(30)19(15-18-6-4-3-5-7-18)28-23(31)20-16-26-8-9-27-20/h3-9,16-17,19,21,25H,10-15H2,1-2H3,(H,28,31)(H,29,30)/t19-,21-/m0/s1. The van der Waals surface area contributed by atoms with Crippen LogP contribution >= 0.6 is 0 Å². The van der Waals surface area contributed by atoms with E-state index >= 15 is 0 Å². The number of hydrogen-bond donors (Lipinski definition) is 3. The van der Waals surface area contributed by atoms with E-state index in [0.29, 0.717) is 32.0 Å². The minimum absolute atomic E-state index is 0.154. The molecule has 2 aromatic rings. The molecule has 10 heteroatoms. The lowest BCUT2D eigenvalue weighted by atomic mass is 9.73. The third-order valence-corrected chi connectivity index (χ3v) is 5.20. The van der Waals surface area contributed by atoms with E-state index in [9.17, 15) is 9.59 Å². The molecule has 0 radical (unpaired) electrons. The van der Waals surface area contributed by atoms with Crippen LogP contribution in [0.25, 0.3) is 0 Å². The summed E-state index contributed by atoms with van der Waals surface area (Å²) in [7, 11) is -0.550. The maximum absolute atomic E-state index is 13.4. The number of amides is 2. The second-order valence-corrected chi connectivity index (χ2v) is 8.41. The van der Waals surface area contributed by atoms with E-state index in [4.69, 9.17) is 9.31 Å². The van der Waals surface area contributed by atoms with Crippen molar-refractivity contribution in [3.05, 3.63) is 60.2 Å². The van der Waals surface area contributed by atoms with Crippen molar-refractivity contribution < 1.29 is 18.9 Å². The van der Waals surface area contributed by atoms with Gasteiger partial charge in [-0.2, -0.15) is 0 Å². The molecule has 33 heavy (non-hydrogen) atoms. The van der Waals surface area contributed by atoms with Gasteiger partial charge in [0.15, 0.2) is 0 Å². The van der Waals surface area contributed by atoms with Crippen molar-refractivity contribution in [1.82, 2.24) is 25.9 Å². The lowest BCUT2D eigenvalue weighted by Crippen LogP contribution is -2.57. The van der Waals surface area contributed by atoms with E-state index in [2.05, 4.69) is 39.8 Å². The number of rotatable bonds is 9.